The van der Waals surface area contributed by atoms with Gasteiger partial charge in [0.05, 0.1) is 36.0 Å². The first kappa shape index (κ1) is 17.0. The highest BCUT2D eigenvalue weighted by Crippen LogP contribution is 2.33. The molecule has 0 radical (unpaired) electrons. The van der Waals surface area contributed by atoms with Gasteiger partial charge in [0.1, 0.15) is 5.00 Å². The summed E-state index contributed by atoms with van der Waals surface area (Å²) in [5.41, 5.74) is 2.24. The number of methoxy groups -OCH3 is 1. The Balaban J connectivity index is 2.38. The minimum absolute atomic E-state index is 0.300. The maximum Gasteiger partial charge on any atom is 0.415 e. The molecule has 0 fully saturated rings. The molecule has 0 bridgehead atoms. The maximum atomic E-state index is 12.2. The standard InChI is InChI=1S/C17H19N3O2S/c1-11(2)15-19-12(3)16(23-15)20(17(21)22-4)10-14-7-5-6-13(8-14)9-18/h5-8,11H,10H2,1-4H3. The van der Waals surface area contributed by atoms with Crippen molar-refractivity contribution in [3.8, 4) is 6.07 Å². The highest BCUT2D eigenvalue weighted by Gasteiger charge is 2.23. The number of nitriles is 1. The second-order valence-corrected chi connectivity index (χ2v) is 6.47. The molecule has 5 nitrogen and oxygen atoms in total. The van der Waals surface area contributed by atoms with Gasteiger partial charge in [0, 0.05) is 5.92 Å². The van der Waals surface area contributed by atoms with Gasteiger partial charge in [0.25, 0.3) is 0 Å². The molecule has 0 saturated carbocycles. The van der Waals surface area contributed by atoms with E-state index in [1.165, 1.54) is 18.4 Å². The van der Waals surface area contributed by atoms with Gasteiger partial charge in [-0.05, 0) is 24.6 Å². The van der Waals surface area contributed by atoms with Crippen molar-refractivity contribution >= 4 is 22.4 Å². The van der Waals surface area contributed by atoms with E-state index in [-0.39, 0.29) is 0 Å². The molecule has 2 rings (SSSR count). The number of carbonyl (C=O) groups is 1. The molecule has 1 amide bonds. The Kier molecular flexibility index (Phi) is 5.35. The van der Waals surface area contributed by atoms with Crippen LogP contribution in [-0.2, 0) is 11.3 Å². The van der Waals surface area contributed by atoms with E-state index in [0.717, 1.165) is 21.3 Å². The SMILES string of the molecule is COC(=O)N(Cc1cccc(C#N)c1)c1sc(C(C)C)nc1C. The van der Waals surface area contributed by atoms with Crippen molar-refractivity contribution in [2.45, 2.75) is 33.2 Å². The topological polar surface area (TPSA) is 66.2 Å². The van der Waals surface area contributed by atoms with Gasteiger partial charge < -0.3 is 4.74 Å². The lowest BCUT2D eigenvalue weighted by Crippen LogP contribution is -2.30. The molecule has 0 spiro atoms. The molecule has 6 heteroatoms. The molecule has 0 aliphatic rings. The van der Waals surface area contributed by atoms with Gasteiger partial charge in [-0.15, -0.1) is 11.3 Å². The van der Waals surface area contributed by atoms with Crippen LogP contribution in [0.15, 0.2) is 24.3 Å². The first-order valence-corrected chi connectivity index (χ1v) is 8.09. The van der Waals surface area contributed by atoms with E-state index in [9.17, 15) is 4.79 Å². The Morgan fingerprint density at radius 3 is 2.78 bits per heavy atom. The number of hydrogen-bond acceptors (Lipinski definition) is 5. The lowest BCUT2D eigenvalue weighted by atomic mass is 10.1. The summed E-state index contributed by atoms with van der Waals surface area (Å²) in [5.74, 6) is 0.300. The number of hydrogen-bond donors (Lipinski definition) is 0. The zero-order chi connectivity index (χ0) is 17.0. The number of thiazole rings is 1. The Bertz CT molecular complexity index is 747. The second kappa shape index (κ2) is 7.25. The van der Waals surface area contributed by atoms with E-state index in [0.29, 0.717) is 18.0 Å². The normalized spacial score (nSPS) is 10.4. The summed E-state index contributed by atoms with van der Waals surface area (Å²) < 4.78 is 4.92. The third-order valence-electron chi connectivity index (χ3n) is 3.32. The Morgan fingerprint density at radius 1 is 1.48 bits per heavy atom. The Morgan fingerprint density at radius 2 is 2.22 bits per heavy atom. The smallest absolute Gasteiger partial charge is 0.415 e. The molecule has 1 heterocycles. The van der Waals surface area contributed by atoms with Gasteiger partial charge in [0.15, 0.2) is 0 Å². The molecule has 0 saturated heterocycles. The van der Waals surface area contributed by atoms with Gasteiger partial charge in [-0.3, -0.25) is 4.90 Å². The van der Waals surface area contributed by atoms with Gasteiger partial charge >= 0.3 is 6.09 Å². The van der Waals surface area contributed by atoms with Gasteiger partial charge in [-0.2, -0.15) is 5.26 Å². The van der Waals surface area contributed by atoms with Crippen LogP contribution in [0.3, 0.4) is 0 Å². The van der Waals surface area contributed by atoms with Crippen LogP contribution in [0, 0.1) is 18.3 Å². The van der Waals surface area contributed by atoms with Crippen molar-refractivity contribution in [1.82, 2.24) is 4.98 Å². The number of aromatic nitrogens is 1. The minimum Gasteiger partial charge on any atom is -0.452 e. The largest absolute Gasteiger partial charge is 0.452 e. The lowest BCUT2D eigenvalue weighted by molar-refractivity contribution is 0.178. The van der Waals surface area contributed by atoms with Crippen molar-refractivity contribution in [1.29, 1.82) is 5.26 Å². The van der Waals surface area contributed by atoms with Crippen LogP contribution < -0.4 is 4.90 Å². The molecule has 0 atom stereocenters. The second-order valence-electron chi connectivity index (χ2n) is 5.47. The number of benzene rings is 1. The van der Waals surface area contributed by atoms with Gasteiger partial charge in [-0.25, -0.2) is 9.78 Å². The predicted octanol–water partition coefficient (Wildman–Crippen LogP) is 4.22. The molecular formula is C17H19N3O2S. The van der Waals surface area contributed by atoms with Gasteiger partial charge in [0.2, 0.25) is 0 Å². The molecular weight excluding hydrogens is 310 g/mol. The van der Waals surface area contributed by atoms with Crippen molar-refractivity contribution in [3.63, 3.8) is 0 Å². The number of carbonyl (C=O) groups excluding carboxylic acids is 1. The summed E-state index contributed by atoms with van der Waals surface area (Å²) in [5, 5.41) is 10.8. The highest BCUT2D eigenvalue weighted by molar-refractivity contribution is 7.16. The summed E-state index contributed by atoms with van der Waals surface area (Å²) >= 11 is 1.50. The third kappa shape index (κ3) is 3.88. The van der Waals surface area contributed by atoms with Crippen molar-refractivity contribution in [3.05, 3.63) is 46.1 Å². The maximum absolute atomic E-state index is 12.2. The zero-order valence-corrected chi connectivity index (χ0v) is 14.5. The molecule has 0 aliphatic heterocycles. The number of rotatable bonds is 4. The molecule has 1 aromatic carbocycles. The van der Waals surface area contributed by atoms with Gasteiger partial charge in [-0.1, -0.05) is 26.0 Å². The molecule has 1 aromatic heterocycles. The summed E-state index contributed by atoms with van der Waals surface area (Å²) in [7, 11) is 1.36. The van der Waals surface area contributed by atoms with Crippen LogP contribution in [0.25, 0.3) is 0 Å². The van der Waals surface area contributed by atoms with Crippen LogP contribution in [0.1, 0.15) is 41.6 Å². The quantitative estimate of drug-likeness (QED) is 0.842. The zero-order valence-electron chi connectivity index (χ0n) is 13.7. The fourth-order valence-corrected chi connectivity index (χ4v) is 3.22. The lowest BCUT2D eigenvalue weighted by Gasteiger charge is -2.20. The van der Waals surface area contributed by atoms with Crippen molar-refractivity contribution < 1.29 is 9.53 Å². The molecule has 0 aliphatic carbocycles. The Labute approximate surface area is 140 Å². The number of anilines is 1. The summed E-state index contributed by atoms with van der Waals surface area (Å²) in [6, 6.07) is 9.31. The van der Waals surface area contributed by atoms with Crippen LogP contribution in [0.2, 0.25) is 0 Å². The van der Waals surface area contributed by atoms with Crippen LogP contribution in [0.4, 0.5) is 9.80 Å². The van der Waals surface area contributed by atoms with E-state index in [4.69, 9.17) is 10.00 Å². The molecule has 120 valence electrons. The molecule has 23 heavy (non-hydrogen) atoms. The number of nitrogens with zero attached hydrogens (tertiary/aromatic N) is 3. The van der Waals surface area contributed by atoms with E-state index in [1.54, 1.807) is 17.0 Å². The predicted molar refractivity (Wildman–Crippen MR) is 90.7 cm³/mol. The average molecular weight is 329 g/mol. The summed E-state index contributed by atoms with van der Waals surface area (Å²) in [4.78, 5) is 18.3. The summed E-state index contributed by atoms with van der Waals surface area (Å²) in [6.45, 7) is 6.37. The van der Waals surface area contributed by atoms with Crippen LogP contribution in [-0.4, -0.2) is 18.2 Å². The summed E-state index contributed by atoms with van der Waals surface area (Å²) in [6.07, 6.45) is -0.436. The fraction of sp³-hybridized carbons (Fsp3) is 0.353. The van der Waals surface area contributed by atoms with E-state index < -0.39 is 6.09 Å². The number of aryl methyl sites for hydroxylation is 1. The van der Waals surface area contributed by atoms with Crippen LogP contribution >= 0.6 is 11.3 Å². The minimum atomic E-state index is -0.436. The third-order valence-corrected chi connectivity index (χ3v) is 4.80. The van der Waals surface area contributed by atoms with E-state index in [2.05, 4.69) is 24.9 Å². The molecule has 2 aromatic rings. The van der Waals surface area contributed by atoms with Crippen molar-refractivity contribution in [2.75, 3.05) is 12.0 Å². The van der Waals surface area contributed by atoms with E-state index >= 15 is 0 Å². The number of ether oxygens (including phenoxy) is 1. The number of amides is 1. The highest BCUT2D eigenvalue weighted by atomic mass is 32.1. The van der Waals surface area contributed by atoms with E-state index in [1.807, 2.05) is 19.1 Å². The first-order chi connectivity index (χ1) is 11.0. The average Bonchev–Trinajstić information content (AvgIpc) is 2.94. The Hall–Kier alpha value is -2.39. The van der Waals surface area contributed by atoms with Crippen molar-refractivity contribution in [2.24, 2.45) is 0 Å². The van der Waals surface area contributed by atoms with Crippen LogP contribution in [0.5, 0.6) is 0 Å². The molecule has 0 N–H and O–H groups in total. The first-order valence-electron chi connectivity index (χ1n) is 7.28. The molecule has 0 unspecified atom stereocenters. The fourth-order valence-electron chi connectivity index (χ4n) is 2.16. The monoisotopic (exact) mass is 329 g/mol.